The Balaban J connectivity index is 0.00000208. The van der Waals surface area contributed by atoms with E-state index in [1.165, 1.54) is 0 Å². The first-order chi connectivity index (χ1) is 10.9. The molecular weight excluding hydrogens is 441 g/mol. The van der Waals surface area contributed by atoms with E-state index >= 15 is 0 Å². The van der Waals surface area contributed by atoms with Crippen molar-refractivity contribution in [2.45, 2.75) is 61.7 Å². The molecule has 1 heterocycles. The summed E-state index contributed by atoms with van der Waals surface area (Å²) in [4.78, 5) is 6.40. The standard InChI is InChI=1S/C16H29N3O3S.HI/c1-17-14(18-12-15(20)6-5-7-15)19-10-11-23(21,22)16(13-19)8-3-2-4-9-16;/h20H,2-13H2,1H3,(H,17,18);1H. The van der Waals surface area contributed by atoms with Crippen molar-refractivity contribution in [3.63, 3.8) is 0 Å². The van der Waals surface area contributed by atoms with Crippen molar-refractivity contribution < 1.29 is 13.5 Å². The summed E-state index contributed by atoms with van der Waals surface area (Å²) in [5.74, 6) is 0.933. The van der Waals surface area contributed by atoms with Gasteiger partial charge in [0, 0.05) is 26.7 Å². The largest absolute Gasteiger partial charge is 0.388 e. The Kier molecular flexibility index (Phi) is 6.45. The van der Waals surface area contributed by atoms with Crippen LogP contribution in [0.5, 0.6) is 0 Å². The van der Waals surface area contributed by atoms with Gasteiger partial charge in [-0.05, 0) is 32.1 Å². The van der Waals surface area contributed by atoms with Crippen molar-refractivity contribution in [1.82, 2.24) is 10.2 Å². The Morgan fingerprint density at radius 1 is 1.17 bits per heavy atom. The van der Waals surface area contributed by atoms with Gasteiger partial charge >= 0.3 is 0 Å². The zero-order valence-electron chi connectivity index (χ0n) is 14.5. The van der Waals surface area contributed by atoms with E-state index in [0.717, 1.165) is 57.3 Å². The predicted molar refractivity (Wildman–Crippen MR) is 107 cm³/mol. The number of aliphatic imine (C=N–C) groups is 1. The SMILES string of the molecule is CN=C(NCC1(O)CCC1)N1CCS(=O)(=O)C2(CCCCC2)C1.I. The molecule has 3 fully saturated rings. The van der Waals surface area contributed by atoms with Crippen LogP contribution in [-0.2, 0) is 9.84 Å². The monoisotopic (exact) mass is 471 g/mol. The average molecular weight is 471 g/mol. The molecule has 6 nitrogen and oxygen atoms in total. The number of hydrogen-bond acceptors (Lipinski definition) is 4. The van der Waals surface area contributed by atoms with Gasteiger partial charge in [0.1, 0.15) is 0 Å². The molecule has 0 unspecified atom stereocenters. The number of nitrogens with one attached hydrogen (secondary N) is 1. The normalized spacial score (nSPS) is 27.9. The van der Waals surface area contributed by atoms with Gasteiger partial charge in [-0.1, -0.05) is 19.3 Å². The van der Waals surface area contributed by atoms with Gasteiger partial charge in [0.15, 0.2) is 15.8 Å². The molecule has 0 amide bonds. The van der Waals surface area contributed by atoms with Gasteiger partial charge in [0.2, 0.25) is 0 Å². The molecule has 2 aliphatic carbocycles. The molecule has 1 aliphatic heterocycles. The maximum Gasteiger partial charge on any atom is 0.193 e. The minimum atomic E-state index is -3.03. The third-order valence-corrected chi connectivity index (χ3v) is 8.48. The van der Waals surface area contributed by atoms with Gasteiger partial charge in [-0.25, -0.2) is 8.42 Å². The summed E-state index contributed by atoms with van der Waals surface area (Å²) in [5, 5.41) is 13.5. The van der Waals surface area contributed by atoms with Crippen molar-refractivity contribution in [1.29, 1.82) is 0 Å². The molecule has 3 aliphatic rings. The van der Waals surface area contributed by atoms with Gasteiger partial charge < -0.3 is 15.3 Å². The van der Waals surface area contributed by atoms with Crippen LogP contribution in [0.4, 0.5) is 0 Å². The summed E-state index contributed by atoms with van der Waals surface area (Å²) in [6, 6.07) is 0. The van der Waals surface area contributed by atoms with E-state index in [9.17, 15) is 13.5 Å². The van der Waals surface area contributed by atoms with Crippen molar-refractivity contribution in [2.24, 2.45) is 4.99 Å². The number of nitrogens with zero attached hydrogens (tertiary/aromatic N) is 2. The van der Waals surface area contributed by atoms with Crippen molar-refractivity contribution in [2.75, 3.05) is 32.4 Å². The van der Waals surface area contributed by atoms with Crippen LogP contribution in [-0.4, -0.2) is 67.2 Å². The number of sulfone groups is 1. The van der Waals surface area contributed by atoms with Gasteiger partial charge in [-0.15, -0.1) is 24.0 Å². The number of guanidine groups is 1. The van der Waals surface area contributed by atoms with Gasteiger partial charge in [0.05, 0.1) is 16.1 Å². The summed E-state index contributed by atoms with van der Waals surface area (Å²) < 4.78 is 24.7. The van der Waals surface area contributed by atoms with Crippen LogP contribution < -0.4 is 5.32 Å². The quantitative estimate of drug-likeness (QED) is 0.363. The van der Waals surface area contributed by atoms with Crippen molar-refractivity contribution >= 4 is 39.8 Å². The lowest BCUT2D eigenvalue weighted by atomic mass is 9.80. The third kappa shape index (κ3) is 3.85. The summed E-state index contributed by atoms with van der Waals surface area (Å²) in [7, 11) is -1.31. The smallest absolute Gasteiger partial charge is 0.193 e. The highest BCUT2D eigenvalue weighted by atomic mass is 127. The fraction of sp³-hybridized carbons (Fsp3) is 0.938. The van der Waals surface area contributed by atoms with Gasteiger partial charge in [-0.2, -0.15) is 0 Å². The highest BCUT2D eigenvalue weighted by Gasteiger charge is 2.49. The second kappa shape index (κ2) is 7.65. The van der Waals surface area contributed by atoms with Crippen LogP contribution in [0.25, 0.3) is 0 Å². The molecule has 2 saturated carbocycles. The number of rotatable bonds is 2. The first-order valence-electron chi connectivity index (χ1n) is 8.80. The lowest BCUT2D eigenvalue weighted by Crippen LogP contribution is -2.61. The number of halogens is 1. The summed E-state index contributed by atoms with van der Waals surface area (Å²) in [6.45, 7) is 1.52. The molecule has 0 aromatic heterocycles. The molecule has 0 aromatic carbocycles. The first-order valence-corrected chi connectivity index (χ1v) is 10.5. The lowest BCUT2D eigenvalue weighted by molar-refractivity contribution is -0.0283. The molecule has 1 saturated heterocycles. The molecule has 3 rings (SSSR count). The fourth-order valence-electron chi connectivity index (χ4n) is 4.16. The van der Waals surface area contributed by atoms with Crippen LogP contribution in [0.3, 0.4) is 0 Å². The third-order valence-electron chi connectivity index (χ3n) is 5.90. The van der Waals surface area contributed by atoms with Crippen LogP contribution in [0, 0.1) is 0 Å². The molecule has 2 N–H and O–H groups in total. The second-order valence-corrected chi connectivity index (χ2v) is 9.97. The Bertz CT molecular complexity index is 569. The molecule has 1 spiro atoms. The summed E-state index contributed by atoms with van der Waals surface area (Å²) in [5.41, 5.74) is -0.611. The van der Waals surface area contributed by atoms with E-state index < -0.39 is 20.2 Å². The Morgan fingerprint density at radius 2 is 1.83 bits per heavy atom. The predicted octanol–water partition coefficient (Wildman–Crippen LogP) is 1.53. The van der Waals surface area contributed by atoms with Gasteiger partial charge in [0.25, 0.3) is 0 Å². The zero-order chi connectivity index (χ0) is 16.6. The van der Waals surface area contributed by atoms with Gasteiger partial charge in [-0.3, -0.25) is 4.99 Å². The molecule has 0 bridgehead atoms. The minimum absolute atomic E-state index is 0. The van der Waals surface area contributed by atoms with E-state index in [2.05, 4.69) is 15.2 Å². The highest BCUT2D eigenvalue weighted by molar-refractivity contribution is 14.0. The van der Waals surface area contributed by atoms with Crippen molar-refractivity contribution in [3.8, 4) is 0 Å². The molecule has 24 heavy (non-hydrogen) atoms. The molecule has 0 atom stereocenters. The molecule has 0 aromatic rings. The molecule has 8 heteroatoms. The number of aliphatic hydroxyl groups is 1. The zero-order valence-corrected chi connectivity index (χ0v) is 17.6. The average Bonchev–Trinajstić information content (AvgIpc) is 2.51. The maximum atomic E-state index is 12.7. The minimum Gasteiger partial charge on any atom is -0.388 e. The van der Waals surface area contributed by atoms with E-state index in [1.807, 2.05) is 0 Å². The lowest BCUT2D eigenvalue weighted by Gasteiger charge is -2.46. The van der Waals surface area contributed by atoms with Crippen LogP contribution in [0.2, 0.25) is 0 Å². The molecule has 0 radical (unpaired) electrons. The first kappa shape index (κ1) is 20.2. The molecular formula is C16H30IN3O3S. The Labute approximate surface area is 162 Å². The van der Waals surface area contributed by atoms with Crippen molar-refractivity contribution in [3.05, 3.63) is 0 Å². The van der Waals surface area contributed by atoms with E-state index in [-0.39, 0.29) is 29.7 Å². The van der Waals surface area contributed by atoms with E-state index in [1.54, 1.807) is 7.05 Å². The summed E-state index contributed by atoms with van der Waals surface area (Å²) in [6.07, 6.45) is 7.40. The van der Waals surface area contributed by atoms with E-state index in [4.69, 9.17) is 0 Å². The van der Waals surface area contributed by atoms with Crippen LogP contribution >= 0.6 is 24.0 Å². The highest BCUT2D eigenvalue weighted by Crippen LogP contribution is 2.38. The topological polar surface area (TPSA) is 82.0 Å². The van der Waals surface area contributed by atoms with Crippen LogP contribution in [0.15, 0.2) is 4.99 Å². The van der Waals surface area contributed by atoms with E-state index in [0.29, 0.717) is 19.6 Å². The summed E-state index contributed by atoms with van der Waals surface area (Å²) >= 11 is 0. The Hall–Kier alpha value is -0.0900. The fourth-order valence-corrected chi connectivity index (χ4v) is 6.31. The Morgan fingerprint density at radius 3 is 2.38 bits per heavy atom. The second-order valence-electron chi connectivity index (χ2n) is 7.46. The van der Waals surface area contributed by atoms with Crippen LogP contribution in [0.1, 0.15) is 51.4 Å². The number of hydrogen-bond donors (Lipinski definition) is 2. The molecule has 140 valence electrons. The maximum absolute atomic E-state index is 12.7.